The zero-order valence-corrected chi connectivity index (χ0v) is 15.3. The minimum absolute atomic E-state index is 0.505. The molecule has 27 heavy (non-hydrogen) atoms. The second-order valence-electron chi connectivity index (χ2n) is 5.84. The molecule has 142 valence electrons. The summed E-state index contributed by atoms with van der Waals surface area (Å²) in [5.41, 5.74) is 2.14. The van der Waals surface area contributed by atoms with Crippen molar-refractivity contribution in [2.24, 2.45) is 4.99 Å². The van der Waals surface area contributed by atoms with Crippen molar-refractivity contribution in [3.8, 4) is 5.69 Å². The summed E-state index contributed by atoms with van der Waals surface area (Å²) in [4.78, 5) is 8.19. The van der Waals surface area contributed by atoms with Gasteiger partial charge in [0.15, 0.2) is 5.96 Å². The number of nitrogens with zero attached hydrogens (tertiary/aromatic N) is 4. The zero-order valence-electron chi connectivity index (χ0n) is 15.3. The highest BCUT2D eigenvalue weighted by molar-refractivity contribution is 5.79. The normalized spacial score (nSPS) is 11.5. The molecule has 0 fully saturated rings. The smallest absolute Gasteiger partial charge is 0.191 e. The fourth-order valence-corrected chi connectivity index (χ4v) is 2.46. The van der Waals surface area contributed by atoms with Crippen LogP contribution in [-0.2, 0) is 17.9 Å². The minimum atomic E-state index is 0.505. The van der Waals surface area contributed by atoms with E-state index in [0.717, 1.165) is 35.9 Å². The molecule has 0 bridgehead atoms. The quantitative estimate of drug-likeness (QED) is 0.342. The first kappa shape index (κ1) is 18.7. The SMILES string of the molecule is CN=C(NCCCOCc1ccco1)NCc1ccc(-n2cncn2)cc1. The van der Waals surface area contributed by atoms with Crippen molar-refractivity contribution in [3.63, 3.8) is 0 Å². The van der Waals surface area contributed by atoms with E-state index in [1.807, 2.05) is 24.3 Å². The summed E-state index contributed by atoms with van der Waals surface area (Å²) >= 11 is 0. The Balaban J connectivity index is 1.33. The first-order valence-electron chi connectivity index (χ1n) is 8.84. The molecule has 0 amide bonds. The second kappa shape index (κ2) is 10.1. The molecule has 8 nitrogen and oxygen atoms in total. The number of guanidine groups is 1. The summed E-state index contributed by atoms with van der Waals surface area (Å²) in [6, 6.07) is 11.9. The summed E-state index contributed by atoms with van der Waals surface area (Å²) in [6.07, 6.45) is 5.73. The first-order valence-corrected chi connectivity index (χ1v) is 8.84. The lowest BCUT2D eigenvalue weighted by molar-refractivity contribution is 0.105. The van der Waals surface area contributed by atoms with Gasteiger partial charge in [0.1, 0.15) is 25.0 Å². The zero-order chi connectivity index (χ0) is 18.7. The standard InChI is InChI=1S/C19H24N6O2/c1-20-19(22-9-3-10-26-13-18-4-2-11-27-18)23-12-16-5-7-17(8-6-16)25-15-21-14-24-25/h2,4-8,11,14-15H,3,9-10,12-13H2,1H3,(H2,20,22,23). The highest BCUT2D eigenvalue weighted by Crippen LogP contribution is 2.07. The topological polar surface area (TPSA) is 89.5 Å². The number of hydrogen-bond donors (Lipinski definition) is 2. The van der Waals surface area contributed by atoms with Gasteiger partial charge in [0, 0.05) is 26.7 Å². The molecule has 0 atom stereocenters. The van der Waals surface area contributed by atoms with Crippen LogP contribution in [0, 0.1) is 0 Å². The Morgan fingerprint density at radius 1 is 1.22 bits per heavy atom. The summed E-state index contributed by atoms with van der Waals surface area (Å²) in [5.74, 6) is 1.61. The molecule has 3 rings (SSSR count). The van der Waals surface area contributed by atoms with E-state index in [9.17, 15) is 0 Å². The molecule has 8 heteroatoms. The van der Waals surface area contributed by atoms with E-state index in [1.54, 1.807) is 24.3 Å². The Hall–Kier alpha value is -3.13. The predicted octanol–water partition coefficient (Wildman–Crippen LogP) is 2.13. The summed E-state index contributed by atoms with van der Waals surface area (Å²) in [7, 11) is 1.76. The van der Waals surface area contributed by atoms with E-state index in [2.05, 4.69) is 37.8 Å². The van der Waals surface area contributed by atoms with Crippen LogP contribution in [0.15, 0.2) is 64.7 Å². The highest BCUT2D eigenvalue weighted by atomic mass is 16.5. The molecule has 1 aromatic carbocycles. The van der Waals surface area contributed by atoms with Gasteiger partial charge in [-0.25, -0.2) is 9.67 Å². The molecule has 2 aromatic heterocycles. The number of nitrogens with one attached hydrogen (secondary N) is 2. The molecule has 0 saturated carbocycles. The number of aliphatic imine (C=N–C) groups is 1. The molecule has 3 aromatic rings. The van der Waals surface area contributed by atoms with E-state index >= 15 is 0 Å². The maximum absolute atomic E-state index is 5.56. The van der Waals surface area contributed by atoms with Gasteiger partial charge in [-0.2, -0.15) is 5.10 Å². The van der Waals surface area contributed by atoms with Crippen LogP contribution in [0.5, 0.6) is 0 Å². The van der Waals surface area contributed by atoms with Gasteiger partial charge in [-0.15, -0.1) is 0 Å². The van der Waals surface area contributed by atoms with Gasteiger partial charge in [-0.3, -0.25) is 4.99 Å². The fraction of sp³-hybridized carbons (Fsp3) is 0.316. The molecule has 0 aliphatic heterocycles. The van der Waals surface area contributed by atoms with Gasteiger partial charge in [0.05, 0.1) is 12.0 Å². The number of aromatic nitrogens is 3. The molecule has 0 aliphatic carbocycles. The Kier molecular flexibility index (Phi) is 7.00. The van der Waals surface area contributed by atoms with E-state index in [0.29, 0.717) is 19.8 Å². The summed E-state index contributed by atoms with van der Waals surface area (Å²) < 4.78 is 12.5. The van der Waals surface area contributed by atoms with Crippen LogP contribution in [-0.4, -0.2) is 40.9 Å². The monoisotopic (exact) mass is 368 g/mol. The summed E-state index contributed by atoms with van der Waals surface area (Å²) in [5, 5.41) is 10.7. The molecule has 0 aliphatic rings. The van der Waals surface area contributed by atoms with Gasteiger partial charge in [-0.05, 0) is 36.2 Å². The maximum atomic E-state index is 5.56. The molecule has 0 unspecified atom stereocenters. The third kappa shape index (κ3) is 5.96. The predicted molar refractivity (Wildman–Crippen MR) is 103 cm³/mol. The Morgan fingerprint density at radius 2 is 2.11 bits per heavy atom. The van der Waals surface area contributed by atoms with Gasteiger partial charge in [0.25, 0.3) is 0 Å². The number of rotatable bonds is 9. The molecular weight excluding hydrogens is 344 g/mol. The Bertz CT molecular complexity index is 797. The number of benzene rings is 1. The van der Waals surface area contributed by atoms with Crippen LogP contribution < -0.4 is 10.6 Å². The number of hydrogen-bond acceptors (Lipinski definition) is 5. The van der Waals surface area contributed by atoms with Crippen LogP contribution in [0.3, 0.4) is 0 Å². The van der Waals surface area contributed by atoms with Crippen molar-refractivity contribution in [1.29, 1.82) is 0 Å². The van der Waals surface area contributed by atoms with E-state index in [1.165, 1.54) is 6.33 Å². The largest absolute Gasteiger partial charge is 0.467 e. The van der Waals surface area contributed by atoms with E-state index < -0.39 is 0 Å². The van der Waals surface area contributed by atoms with Crippen LogP contribution in [0.4, 0.5) is 0 Å². The van der Waals surface area contributed by atoms with Gasteiger partial charge < -0.3 is 19.8 Å². The highest BCUT2D eigenvalue weighted by Gasteiger charge is 2.01. The van der Waals surface area contributed by atoms with Crippen LogP contribution in [0.2, 0.25) is 0 Å². The third-order valence-corrected chi connectivity index (χ3v) is 3.89. The Labute approximate surface area is 158 Å². The lowest BCUT2D eigenvalue weighted by atomic mass is 10.2. The maximum Gasteiger partial charge on any atom is 0.191 e. The molecule has 2 N–H and O–H groups in total. The lowest BCUT2D eigenvalue weighted by Crippen LogP contribution is -2.37. The fourth-order valence-electron chi connectivity index (χ4n) is 2.46. The average Bonchev–Trinajstić information content (AvgIpc) is 3.41. The first-order chi connectivity index (χ1) is 13.3. The minimum Gasteiger partial charge on any atom is -0.467 e. The molecule has 0 saturated heterocycles. The van der Waals surface area contributed by atoms with Crippen molar-refractivity contribution in [1.82, 2.24) is 25.4 Å². The van der Waals surface area contributed by atoms with Crippen molar-refractivity contribution in [2.45, 2.75) is 19.6 Å². The van der Waals surface area contributed by atoms with Gasteiger partial charge >= 0.3 is 0 Å². The van der Waals surface area contributed by atoms with E-state index in [4.69, 9.17) is 9.15 Å². The van der Waals surface area contributed by atoms with Crippen LogP contribution in [0.25, 0.3) is 5.69 Å². The third-order valence-electron chi connectivity index (χ3n) is 3.89. The van der Waals surface area contributed by atoms with Gasteiger partial charge in [0.2, 0.25) is 0 Å². The van der Waals surface area contributed by atoms with Crippen molar-refractivity contribution in [2.75, 3.05) is 20.2 Å². The molecule has 2 heterocycles. The van der Waals surface area contributed by atoms with Gasteiger partial charge in [-0.1, -0.05) is 12.1 Å². The molecule has 0 radical (unpaired) electrons. The average molecular weight is 368 g/mol. The molecular formula is C19H24N6O2. The van der Waals surface area contributed by atoms with Crippen molar-refractivity contribution in [3.05, 3.63) is 66.6 Å². The molecule has 0 spiro atoms. The second-order valence-corrected chi connectivity index (χ2v) is 5.84. The lowest BCUT2D eigenvalue weighted by Gasteiger charge is -2.12. The van der Waals surface area contributed by atoms with Crippen molar-refractivity contribution < 1.29 is 9.15 Å². The van der Waals surface area contributed by atoms with Crippen LogP contribution >= 0.6 is 0 Å². The van der Waals surface area contributed by atoms with Crippen molar-refractivity contribution >= 4 is 5.96 Å². The number of furan rings is 1. The number of ether oxygens (including phenoxy) is 1. The Morgan fingerprint density at radius 3 is 2.81 bits per heavy atom. The van der Waals surface area contributed by atoms with Crippen LogP contribution in [0.1, 0.15) is 17.7 Å². The summed E-state index contributed by atoms with van der Waals surface area (Å²) in [6.45, 7) is 2.63. The van der Waals surface area contributed by atoms with E-state index in [-0.39, 0.29) is 0 Å².